The van der Waals surface area contributed by atoms with Crippen molar-refractivity contribution >= 4 is 27.3 Å². The Bertz CT molecular complexity index is 1030. The minimum atomic E-state index is -3.10. The first-order valence-electron chi connectivity index (χ1n) is 8.14. The molecule has 0 radical (unpaired) electrons. The molecule has 138 valence electrons. The Balaban J connectivity index is 1.68. The molecule has 2 heterocycles. The van der Waals surface area contributed by atoms with Crippen LogP contribution in [0.15, 0.2) is 42.7 Å². The minimum Gasteiger partial charge on any atom is -0.348 e. The summed E-state index contributed by atoms with van der Waals surface area (Å²) in [4.78, 5) is 28.6. The molecule has 0 bridgehead atoms. The predicted octanol–water partition coefficient (Wildman–Crippen LogP) is 1.12. The predicted molar refractivity (Wildman–Crippen MR) is 97.9 cm³/mol. The average molecular weight is 384 g/mol. The zero-order valence-electron chi connectivity index (χ0n) is 14.2. The van der Waals surface area contributed by atoms with Gasteiger partial charge >= 0.3 is 0 Å². The van der Waals surface area contributed by atoms with Crippen LogP contribution in [0, 0.1) is 11.3 Å². The van der Waals surface area contributed by atoms with Crippen molar-refractivity contribution in [2.45, 2.75) is 12.5 Å². The van der Waals surface area contributed by atoms with Crippen molar-refractivity contribution in [3.63, 3.8) is 0 Å². The molecular formula is C18H16N4O4S. The minimum absolute atomic E-state index is 0.0588. The van der Waals surface area contributed by atoms with E-state index in [1.165, 1.54) is 18.5 Å². The maximum absolute atomic E-state index is 12.3. The number of sulfone groups is 1. The normalized spacial score (nSPS) is 17.7. The highest BCUT2D eigenvalue weighted by Gasteiger charge is 2.29. The lowest BCUT2D eigenvalue weighted by Crippen LogP contribution is -2.35. The maximum atomic E-state index is 12.3. The number of rotatable bonds is 4. The molecule has 0 spiro atoms. The number of benzene rings is 1. The standard InChI is InChI=1S/C18H16N4O4S/c19-8-12-1-3-15(4-2-12)21-17(23)13-7-14(10-20-9-13)18(24)22-16-5-6-27(25,26)11-16/h1-4,7,9-10,16H,5-6,11H2,(H,21,23)(H,22,24). The molecule has 0 aliphatic carbocycles. The van der Waals surface area contributed by atoms with Gasteiger partial charge in [0.2, 0.25) is 0 Å². The van der Waals surface area contributed by atoms with Crippen molar-refractivity contribution in [2.75, 3.05) is 16.8 Å². The van der Waals surface area contributed by atoms with E-state index in [0.29, 0.717) is 17.7 Å². The largest absolute Gasteiger partial charge is 0.348 e. The van der Waals surface area contributed by atoms with Gasteiger partial charge in [-0.3, -0.25) is 14.6 Å². The molecule has 1 aliphatic rings. The smallest absolute Gasteiger partial charge is 0.257 e. The number of aromatic nitrogens is 1. The highest BCUT2D eigenvalue weighted by molar-refractivity contribution is 7.91. The summed E-state index contributed by atoms with van der Waals surface area (Å²) in [7, 11) is -3.10. The van der Waals surface area contributed by atoms with E-state index in [4.69, 9.17) is 5.26 Å². The number of nitrogens with one attached hydrogen (secondary N) is 2. The van der Waals surface area contributed by atoms with Crippen LogP contribution in [0.3, 0.4) is 0 Å². The Morgan fingerprint density at radius 3 is 2.37 bits per heavy atom. The Hall–Kier alpha value is -3.25. The number of hydrogen-bond donors (Lipinski definition) is 2. The summed E-state index contributed by atoms with van der Waals surface area (Å²) in [6.07, 6.45) is 3.02. The first-order valence-corrected chi connectivity index (χ1v) is 9.96. The lowest BCUT2D eigenvalue weighted by atomic mass is 10.1. The molecule has 1 aromatic carbocycles. The molecule has 2 N–H and O–H groups in total. The highest BCUT2D eigenvalue weighted by atomic mass is 32.2. The van der Waals surface area contributed by atoms with Gasteiger partial charge in [0.1, 0.15) is 0 Å². The van der Waals surface area contributed by atoms with E-state index in [2.05, 4.69) is 15.6 Å². The van der Waals surface area contributed by atoms with Gasteiger partial charge in [0, 0.05) is 24.1 Å². The third kappa shape index (κ3) is 4.68. The van der Waals surface area contributed by atoms with Crippen LogP contribution in [0.5, 0.6) is 0 Å². The average Bonchev–Trinajstić information content (AvgIpc) is 3.00. The van der Waals surface area contributed by atoms with Crippen LogP contribution in [0.2, 0.25) is 0 Å². The first kappa shape index (κ1) is 18.5. The number of anilines is 1. The van der Waals surface area contributed by atoms with Crippen LogP contribution in [-0.4, -0.2) is 42.8 Å². The second-order valence-electron chi connectivity index (χ2n) is 6.18. The molecule has 3 rings (SSSR count). The third-order valence-electron chi connectivity index (χ3n) is 4.10. The maximum Gasteiger partial charge on any atom is 0.257 e. The van der Waals surface area contributed by atoms with Crippen molar-refractivity contribution in [2.24, 2.45) is 0 Å². The van der Waals surface area contributed by atoms with Crippen LogP contribution < -0.4 is 10.6 Å². The van der Waals surface area contributed by atoms with Gasteiger partial charge in [0.25, 0.3) is 11.8 Å². The molecule has 1 fully saturated rings. The van der Waals surface area contributed by atoms with E-state index < -0.39 is 27.7 Å². The van der Waals surface area contributed by atoms with Crippen LogP contribution in [0.1, 0.15) is 32.7 Å². The summed E-state index contributed by atoms with van der Waals surface area (Å²) in [5.74, 6) is -0.947. The summed E-state index contributed by atoms with van der Waals surface area (Å²) < 4.78 is 23.0. The molecule has 0 saturated carbocycles. The van der Waals surface area contributed by atoms with Crippen LogP contribution in [0.4, 0.5) is 5.69 Å². The van der Waals surface area contributed by atoms with Crippen molar-refractivity contribution < 1.29 is 18.0 Å². The Kier molecular flexibility index (Phi) is 5.19. The number of carbonyl (C=O) groups is 2. The van der Waals surface area contributed by atoms with Crippen LogP contribution >= 0.6 is 0 Å². The van der Waals surface area contributed by atoms with E-state index >= 15 is 0 Å². The Labute approximate surface area is 156 Å². The quantitative estimate of drug-likeness (QED) is 0.813. The topological polar surface area (TPSA) is 129 Å². The SMILES string of the molecule is N#Cc1ccc(NC(=O)c2cncc(C(=O)NC3CCS(=O)(=O)C3)c2)cc1. The van der Waals surface area contributed by atoms with Gasteiger partial charge < -0.3 is 10.6 Å². The van der Waals surface area contributed by atoms with Gasteiger partial charge in [0.15, 0.2) is 9.84 Å². The molecule has 9 heteroatoms. The highest BCUT2D eigenvalue weighted by Crippen LogP contribution is 2.14. The van der Waals surface area contributed by atoms with Gasteiger partial charge in [-0.15, -0.1) is 0 Å². The number of nitriles is 1. The monoisotopic (exact) mass is 384 g/mol. The number of carbonyl (C=O) groups excluding carboxylic acids is 2. The number of nitrogens with zero attached hydrogens (tertiary/aromatic N) is 2. The molecule has 8 nitrogen and oxygen atoms in total. The summed E-state index contributed by atoms with van der Waals surface area (Å²) in [6.45, 7) is 0. The van der Waals surface area contributed by atoms with Gasteiger partial charge in [-0.1, -0.05) is 0 Å². The second kappa shape index (κ2) is 7.55. The lowest BCUT2D eigenvalue weighted by Gasteiger charge is -2.11. The number of pyridine rings is 1. The number of hydrogen-bond acceptors (Lipinski definition) is 6. The molecule has 1 saturated heterocycles. The zero-order valence-corrected chi connectivity index (χ0v) is 15.0. The molecule has 2 aromatic rings. The third-order valence-corrected chi connectivity index (χ3v) is 5.87. The van der Waals surface area contributed by atoms with Crippen LogP contribution in [0.25, 0.3) is 0 Å². The first-order chi connectivity index (χ1) is 12.9. The number of amides is 2. The van der Waals surface area contributed by atoms with Gasteiger partial charge in [-0.2, -0.15) is 5.26 Å². The van der Waals surface area contributed by atoms with Gasteiger partial charge in [-0.25, -0.2) is 8.42 Å². The van der Waals surface area contributed by atoms with E-state index in [1.54, 1.807) is 24.3 Å². The molecular weight excluding hydrogens is 368 g/mol. The fourth-order valence-corrected chi connectivity index (χ4v) is 4.37. The van der Waals surface area contributed by atoms with Gasteiger partial charge in [0.05, 0.1) is 34.3 Å². The van der Waals surface area contributed by atoms with Crippen molar-refractivity contribution in [1.29, 1.82) is 5.26 Å². The van der Waals surface area contributed by atoms with Crippen molar-refractivity contribution in [3.05, 3.63) is 59.4 Å². The molecule has 27 heavy (non-hydrogen) atoms. The Morgan fingerprint density at radius 1 is 1.11 bits per heavy atom. The summed E-state index contributed by atoms with van der Waals surface area (Å²) in [6, 6.07) is 9.30. The van der Waals surface area contributed by atoms with E-state index in [9.17, 15) is 18.0 Å². The molecule has 2 amide bonds. The van der Waals surface area contributed by atoms with Crippen molar-refractivity contribution in [1.82, 2.24) is 10.3 Å². The van der Waals surface area contributed by atoms with E-state index in [-0.39, 0.29) is 22.6 Å². The zero-order chi connectivity index (χ0) is 19.4. The molecule has 1 aromatic heterocycles. The van der Waals surface area contributed by atoms with E-state index in [0.717, 1.165) is 0 Å². The summed E-state index contributed by atoms with van der Waals surface area (Å²) in [5.41, 5.74) is 1.34. The lowest BCUT2D eigenvalue weighted by molar-refractivity contribution is 0.0940. The van der Waals surface area contributed by atoms with E-state index in [1.807, 2.05) is 6.07 Å². The fourth-order valence-electron chi connectivity index (χ4n) is 2.70. The Morgan fingerprint density at radius 2 is 1.78 bits per heavy atom. The summed E-state index contributed by atoms with van der Waals surface area (Å²) >= 11 is 0. The summed E-state index contributed by atoms with van der Waals surface area (Å²) in [5, 5.41) is 14.1. The molecule has 1 unspecified atom stereocenters. The second-order valence-corrected chi connectivity index (χ2v) is 8.41. The molecule has 1 atom stereocenters. The van der Waals surface area contributed by atoms with Crippen molar-refractivity contribution in [3.8, 4) is 6.07 Å². The van der Waals surface area contributed by atoms with Crippen LogP contribution in [-0.2, 0) is 9.84 Å². The fraction of sp³-hybridized carbons (Fsp3) is 0.222. The van der Waals surface area contributed by atoms with Gasteiger partial charge in [-0.05, 0) is 36.8 Å². The molecule has 1 aliphatic heterocycles.